The molecule has 0 N–H and O–H groups in total. The Balaban J connectivity index is 2.63. The minimum absolute atomic E-state index is 0.0337. The molecule has 2 aromatic rings. The Hall–Kier alpha value is -2.40. The van der Waals surface area contributed by atoms with Crippen molar-refractivity contribution in [1.29, 1.82) is 0 Å². The van der Waals surface area contributed by atoms with E-state index in [1.165, 1.54) is 36.4 Å². The van der Waals surface area contributed by atoms with E-state index in [1.807, 2.05) is 0 Å². The standard InChI is InChI=1S/C16H10N2O6S4/c19-27(20,21)15-7-13(17-9-25)5-3-11(15)1-2-12-4-6-14(18-10-26)8-16(12)28(22,23)24/h1-8H,(H,19,20,21)(H,22,23,24)/p-2/b2-1+. The van der Waals surface area contributed by atoms with Crippen molar-refractivity contribution in [3.8, 4) is 0 Å². The third-order valence-electron chi connectivity index (χ3n) is 3.32. The van der Waals surface area contributed by atoms with Gasteiger partial charge in [-0.3, -0.25) is 0 Å². The summed E-state index contributed by atoms with van der Waals surface area (Å²) in [6.45, 7) is 0. The molecule has 0 radical (unpaired) electrons. The Morgan fingerprint density at radius 2 is 1.11 bits per heavy atom. The van der Waals surface area contributed by atoms with Crippen molar-refractivity contribution in [3.63, 3.8) is 0 Å². The fourth-order valence-corrected chi connectivity index (χ4v) is 3.77. The van der Waals surface area contributed by atoms with Crippen LogP contribution in [0, 0.1) is 0 Å². The molecular weight excluding hydrogens is 444 g/mol. The SMILES string of the molecule is O=S(=O)([O-])c1cc(N=C=S)ccc1/C=C/c1ccc(N=C=S)cc1S(=O)(=O)[O-]. The average Bonchev–Trinajstić information content (AvgIpc) is 2.60. The fourth-order valence-electron chi connectivity index (χ4n) is 2.18. The Labute approximate surface area is 171 Å². The summed E-state index contributed by atoms with van der Waals surface area (Å²) in [6, 6.07) is 7.34. The summed E-state index contributed by atoms with van der Waals surface area (Å²) in [7, 11) is -9.74. The molecule has 0 saturated carbocycles. The number of aliphatic imine (C=N–C) groups is 2. The van der Waals surface area contributed by atoms with Gasteiger partial charge in [-0.25, -0.2) is 16.8 Å². The molecule has 0 aliphatic carbocycles. The lowest BCUT2D eigenvalue weighted by atomic mass is 10.1. The van der Waals surface area contributed by atoms with Crippen molar-refractivity contribution in [2.45, 2.75) is 9.79 Å². The lowest BCUT2D eigenvalue weighted by Crippen LogP contribution is -2.02. The molecule has 0 heterocycles. The maximum atomic E-state index is 11.5. The van der Waals surface area contributed by atoms with Gasteiger partial charge in [0, 0.05) is 0 Å². The highest BCUT2D eigenvalue weighted by molar-refractivity contribution is 7.86. The molecule has 0 bridgehead atoms. The smallest absolute Gasteiger partial charge is 0.125 e. The number of benzene rings is 2. The second kappa shape index (κ2) is 8.74. The van der Waals surface area contributed by atoms with Crippen LogP contribution in [0.15, 0.2) is 56.2 Å². The van der Waals surface area contributed by atoms with Gasteiger partial charge in [-0.1, -0.05) is 24.3 Å². The zero-order valence-corrected chi connectivity index (χ0v) is 16.9. The summed E-state index contributed by atoms with van der Waals surface area (Å²) in [5.41, 5.74) is 0.140. The van der Waals surface area contributed by atoms with E-state index in [9.17, 15) is 25.9 Å². The first-order valence-electron chi connectivity index (χ1n) is 7.10. The molecule has 144 valence electrons. The first-order chi connectivity index (χ1) is 13.1. The van der Waals surface area contributed by atoms with Gasteiger partial charge in [0.05, 0.1) is 31.5 Å². The van der Waals surface area contributed by atoms with E-state index >= 15 is 0 Å². The van der Waals surface area contributed by atoms with Gasteiger partial charge in [-0.2, -0.15) is 9.98 Å². The molecule has 0 atom stereocenters. The molecule has 0 fully saturated rings. The van der Waals surface area contributed by atoms with E-state index in [1.54, 1.807) is 0 Å². The molecular formula is C16H8N2O6S4-2. The summed E-state index contributed by atoms with van der Waals surface area (Å²) in [5.74, 6) is 0. The van der Waals surface area contributed by atoms with E-state index in [0.29, 0.717) is 0 Å². The van der Waals surface area contributed by atoms with E-state index in [4.69, 9.17) is 0 Å². The van der Waals surface area contributed by atoms with Crippen LogP contribution in [0.1, 0.15) is 11.1 Å². The van der Waals surface area contributed by atoms with Gasteiger partial charge in [0.25, 0.3) is 0 Å². The van der Waals surface area contributed by atoms with Crippen molar-refractivity contribution in [2.75, 3.05) is 0 Å². The van der Waals surface area contributed by atoms with Crippen LogP contribution in [-0.2, 0) is 20.2 Å². The monoisotopic (exact) mass is 452 g/mol. The molecule has 2 rings (SSSR count). The summed E-state index contributed by atoms with van der Waals surface area (Å²) in [4.78, 5) is 6.02. The molecule has 2 aromatic carbocycles. The lowest BCUT2D eigenvalue weighted by molar-refractivity contribution is 0.460. The number of isothiocyanates is 2. The third kappa shape index (κ3) is 5.55. The average molecular weight is 453 g/mol. The minimum Gasteiger partial charge on any atom is -0.744 e. The van der Waals surface area contributed by atoms with E-state index in [-0.39, 0.29) is 22.5 Å². The first-order valence-corrected chi connectivity index (χ1v) is 10.7. The van der Waals surface area contributed by atoms with Crippen molar-refractivity contribution >= 4 is 78.5 Å². The number of rotatable bonds is 6. The Morgan fingerprint density at radius 1 is 0.750 bits per heavy atom. The van der Waals surface area contributed by atoms with Crippen LogP contribution in [0.4, 0.5) is 11.4 Å². The molecule has 0 aromatic heterocycles. The molecule has 0 aliphatic rings. The highest BCUT2D eigenvalue weighted by Crippen LogP contribution is 2.27. The van der Waals surface area contributed by atoms with Crippen molar-refractivity contribution < 1.29 is 25.9 Å². The van der Waals surface area contributed by atoms with Crippen molar-refractivity contribution in [1.82, 2.24) is 0 Å². The molecule has 0 spiro atoms. The van der Waals surface area contributed by atoms with Gasteiger partial charge < -0.3 is 9.11 Å². The number of hydrogen-bond acceptors (Lipinski definition) is 10. The van der Waals surface area contributed by atoms with Gasteiger partial charge in [-0.05, 0) is 59.8 Å². The number of thiocarbonyl (C=S) groups is 2. The third-order valence-corrected chi connectivity index (χ3v) is 5.29. The van der Waals surface area contributed by atoms with Crippen LogP contribution in [-0.4, -0.2) is 36.3 Å². The van der Waals surface area contributed by atoms with Crippen LogP contribution in [0.5, 0.6) is 0 Å². The number of nitrogens with zero attached hydrogens (tertiary/aromatic N) is 2. The Bertz CT molecular complexity index is 1170. The topological polar surface area (TPSA) is 139 Å². The maximum absolute atomic E-state index is 11.5. The van der Waals surface area contributed by atoms with Crippen LogP contribution in [0.2, 0.25) is 0 Å². The molecule has 12 heteroatoms. The second-order valence-electron chi connectivity index (χ2n) is 5.09. The van der Waals surface area contributed by atoms with Crippen molar-refractivity contribution in [2.24, 2.45) is 9.98 Å². The summed E-state index contributed by atoms with van der Waals surface area (Å²) in [5, 5.41) is 4.10. The van der Waals surface area contributed by atoms with E-state index in [2.05, 4.69) is 44.7 Å². The Morgan fingerprint density at radius 3 is 1.39 bits per heavy atom. The summed E-state index contributed by atoms with van der Waals surface area (Å²) in [6.07, 6.45) is 2.36. The van der Waals surface area contributed by atoms with Crippen molar-refractivity contribution in [3.05, 3.63) is 47.5 Å². The minimum atomic E-state index is -4.87. The van der Waals surface area contributed by atoms with E-state index < -0.39 is 30.0 Å². The largest absolute Gasteiger partial charge is 0.744 e. The molecule has 0 unspecified atom stereocenters. The van der Waals surface area contributed by atoms with Gasteiger partial charge in [-0.15, -0.1) is 0 Å². The van der Waals surface area contributed by atoms with Crippen LogP contribution < -0.4 is 0 Å². The summed E-state index contributed by atoms with van der Waals surface area (Å²) >= 11 is 8.87. The zero-order chi connectivity index (χ0) is 20.9. The molecule has 0 aliphatic heterocycles. The van der Waals surface area contributed by atoms with Gasteiger partial charge in [0.15, 0.2) is 0 Å². The number of hydrogen-bond donors (Lipinski definition) is 0. The zero-order valence-electron chi connectivity index (χ0n) is 13.6. The molecule has 8 nitrogen and oxygen atoms in total. The Kier molecular flexibility index (Phi) is 6.83. The molecule has 28 heavy (non-hydrogen) atoms. The lowest BCUT2D eigenvalue weighted by Gasteiger charge is -2.13. The first kappa shape index (κ1) is 21.9. The van der Waals surface area contributed by atoms with E-state index in [0.717, 1.165) is 12.1 Å². The summed E-state index contributed by atoms with van der Waals surface area (Å²) < 4.78 is 69.1. The van der Waals surface area contributed by atoms with Crippen LogP contribution in [0.25, 0.3) is 12.2 Å². The molecule has 0 saturated heterocycles. The highest BCUT2D eigenvalue weighted by Gasteiger charge is 2.11. The normalized spacial score (nSPS) is 11.6. The predicted octanol–water partition coefficient (Wildman–Crippen LogP) is 3.13. The second-order valence-corrected chi connectivity index (χ2v) is 8.15. The molecule has 0 amide bonds. The van der Waals surface area contributed by atoms with Gasteiger partial charge >= 0.3 is 0 Å². The van der Waals surface area contributed by atoms with Gasteiger partial charge in [0.2, 0.25) is 0 Å². The van der Waals surface area contributed by atoms with Crippen LogP contribution in [0.3, 0.4) is 0 Å². The predicted molar refractivity (Wildman–Crippen MR) is 107 cm³/mol. The highest BCUT2D eigenvalue weighted by atomic mass is 32.2. The fraction of sp³-hybridized carbons (Fsp3) is 0. The maximum Gasteiger partial charge on any atom is 0.125 e. The quantitative estimate of drug-likeness (QED) is 0.282. The van der Waals surface area contributed by atoms with Gasteiger partial charge in [0.1, 0.15) is 20.2 Å². The van der Waals surface area contributed by atoms with Crippen LogP contribution >= 0.6 is 24.4 Å².